The minimum atomic E-state index is 0.681. The molecule has 0 N–H and O–H groups in total. The molecule has 0 atom stereocenters. The van der Waals surface area contributed by atoms with Crippen LogP contribution < -0.4 is 0 Å². The van der Waals surface area contributed by atoms with E-state index in [1.807, 2.05) is 30.3 Å². The van der Waals surface area contributed by atoms with Gasteiger partial charge in [-0.2, -0.15) is 0 Å². The van der Waals surface area contributed by atoms with Gasteiger partial charge in [-0.25, -0.2) is 9.97 Å². The molecule has 0 radical (unpaired) electrons. The van der Waals surface area contributed by atoms with Crippen molar-refractivity contribution in [1.82, 2.24) is 9.97 Å². The van der Waals surface area contributed by atoms with Crippen molar-refractivity contribution in [2.45, 2.75) is 0 Å². The van der Waals surface area contributed by atoms with Crippen LogP contribution in [0.25, 0.3) is 122 Å². The smallest absolute Gasteiger partial charge is 0.160 e. The van der Waals surface area contributed by atoms with Crippen molar-refractivity contribution in [3.8, 4) is 67.3 Å². The Hall–Kier alpha value is -8.14. The molecule has 0 aliphatic heterocycles. The van der Waals surface area contributed by atoms with Gasteiger partial charge >= 0.3 is 0 Å². The molecule has 2 heterocycles. The summed E-state index contributed by atoms with van der Waals surface area (Å²) in [5, 5.41) is 9.63. The van der Waals surface area contributed by atoms with Crippen LogP contribution in [0.5, 0.6) is 0 Å². The van der Waals surface area contributed by atoms with E-state index in [9.17, 15) is 0 Å². The van der Waals surface area contributed by atoms with E-state index < -0.39 is 0 Å². The van der Waals surface area contributed by atoms with Gasteiger partial charge in [0.1, 0.15) is 11.2 Å². The van der Waals surface area contributed by atoms with E-state index in [2.05, 4.69) is 188 Å². The predicted molar refractivity (Wildman–Crippen MR) is 254 cm³/mol. The van der Waals surface area contributed by atoms with E-state index in [0.717, 1.165) is 72.3 Å². The second-order valence-corrected chi connectivity index (χ2v) is 15.7. The largest absolute Gasteiger partial charge is 0.456 e. The molecule has 0 saturated heterocycles. The molecule has 0 bridgehead atoms. The summed E-state index contributed by atoms with van der Waals surface area (Å²) in [5.74, 6) is 0.681. The molecule has 3 nitrogen and oxygen atoms in total. The molecule has 0 unspecified atom stereocenters. The average molecular weight is 777 g/mol. The summed E-state index contributed by atoms with van der Waals surface area (Å²) in [5.41, 5.74) is 13.3. The second kappa shape index (κ2) is 14.3. The van der Waals surface area contributed by atoms with Gasteiger partial charge < -0.3 is 4.42 Å². The zero-order chi connectivity index (χ0) is 40.3. The van der Waals surface area contributed by atoms with Gasteiger partial charge in [0, 0.05) is 27.5 Å². The first kappa shape index (κ1) is 34.9. The van der Waals surface area contributed by atoms with Gasteiger partial charge in [-0.1, -0.05) is 164 Å². The number of rotatable bonds is 6. The van der Waals surface area contributed by atoms with E-state index >= 15 is 0 Å². The molecule has 12 rings (SSSR count). The highest BCUT2D eigenvalue weighted by Gasteiger charge is 2.17. The van der Waals surface area contributed by atoms with Crippen LogP contribution in [-0.2, 0) is 0 Å². The predicted octanol–water partition coefficient (Wildman–Crippen LogP) is 15.8. The van der Waals surface area contributed by atoms with Crippen molar-refractivity contribution in [3.05, 3.63) is 218 Å². The maximum Gasteiger partial charge on any atom is 0.160 e. The third-order valence-electron chi connectivity index (χ3n) is 12.0. The molecule has 0 fully saturated rings. The van der Waals surface area contributed by atoms with Crippen LogP contribution in [0.3, 0.4) is 0 Å². The van der Waals surface area contributed by atoms with Gasteiger partial charge in [0.2, 0.25) is 0 Å². The first-order valence-electron chi connectivity index (χ1n) is 20.7. The summed E-state index contributed by atoms with van der Waals surface area (Å²) in [6.07, 6.45) is 0. The molecule has 0 spiro atoms. The first-order chi connectivity index (χ1) is 30.2. The van der Waals surface area contributed by atoms with Crippen LogP contribution in [0.2, 0.25) is 0 Å². The molecule has 0 aliphatic carbocycles. The van der Waals surface area contributed by atoms with Crippen molar-refractivity contribution in [1.29, 1.82) is 0 Å². The molecule has 0 amide bonds. The summed E-state index contributed by atoms with van der Waals surface area (Å²) >= 11 is 0. The van der Waals surface area contributed by atoms with Gasteiger partial charge in [-0.3, -0.25) is 0 Å². The van der Waals surface area contributed by atoms with E-state index in [0.29, 0.717) is 5.82 Å². The lowest BCUT2D eigenvalue weighted by Gasteiger charge is -2.15. The van der Waals surface area contributed by atoms with Crippen molar-refractivity contribution < 1.29 is 4.42 Å². The topological polar surface area (TPSA) is 38.9 Å². The monoisotopic (exact) mass is 776 g/mol. The summed E-state index contributed by atoms with van der Waals surface area (Å²) < 4.78 is 6.25. The minimum Gasteiger partial charge on any atom is -0.456 e. The highest BCUT2D eigenvalue weighted by molar-refractivity contribution is 6.25. The lowest BCUT2D eigenvalue weighted by atomic mass is 9.92. The number of aromatic nitrogens is 2. The zero-order valence-electron chi connectivity index (χ0n) is 33.1. The van der Waals surface area contributed by atoms with Gasteiger partial charge in [0.05, 0.1) is 11.4 Å². The first-order valence-corrected chi connectivity index (χ1v) is 20.7. The SMILES string of the molecule is c1ccc(-c2cccc(-c3cc(-c4ccc5oc6ccccc6c5c4)cc(-c4cc(-c5ccc6c7ccccc7c7ccccc7c6c5)nc(-c5ccccc5)n4)c3)c2)cc1. The Kier molecular flexibility index (Phi) is 8.17. The molecule has 0 saturated carbocycles. The van der Waals surface area contributed by atoms with Crippen LogP contribution in [0.4, 0.5) is 0 Å². The zero-order valence-corrected chi connectivity index (χ0v) is 33.1. The summed E-state index contributed by atoms with van der Waals surface area (Å²) in [6.45, 7) is 0. The Morgan fingerprint density at radius 1 is 0.230 bits per heavy atom. The van der Waals surface area contributed by atoms with Crippen LogP contribution >= 0.6 is 0 Å². The number of para-hydroxylation sites is 1. The molecule has 3 heteroatoms. The quantitative estimate of drug-likeness (QED) is 0.158. The lowest BCUT2D eigenvalue weighted by molar-refractivity contribution is 0.669. The lowest BCUT2D eigenvalue weighted by Crippen LogP contribution is -1.97. The Morgan fingerprint density at radius 3 is 1.36 bits per heavy atom. The molecular formula is C58H36N2O. The maximum atomic E-state index is 6.25. The highest BCUT2D eigenvalue weighted by atomic mass is 16.3. The minimum absolute atomic E-state index is 0.681. The number of benzene rings is 10. The highest BCUT2D eigenvalue weighted by Crippen LogP contribution is 2.40. The Morgan fingerprint density at radius 2 is 0.672 bits per heavy atom. The van der Waals surface area contributed by atoms with Gasteiger partial charge in [0.15, 0.2) is 5.82 Å². The van der Waals surface area contributed by atoms with Crippen molar-refractivity contribution in [3.63, 3.8) is 0 Å². The van der Waals surface area contributed by atoms with Crippen molar-refractivity contribution in [2.75, 3.05) is 0 Å². The van der Waals surface area contributed by atoms with Gasteiger partial charge in [-0.05, 0) is 120 Å². The fourth-order valence-electron chi connectivity index (χ4n) is 9.05. The fourth-order valence-corrected chi connectivity index (χ4v) is 9.05. The van der Waals surface area contributed by atoms with Crippen molar-refractivity contribution in [2.24, 2.45) is 0 Å². The third-order valence-corrected chi connectivity index (χ3v) is 12.0. The number of hydrogen-bond acceptors (Lipinski definition) is 3. The van der Waals surface area contributed by atoms with Gasteiger partial charge in [-0.15, -0.1) is 0 Å². The molecule has 0 aliphatic rings. The second-order valence-electron chi connectivity index (χ2n) is 15.7. The van der Waals surface area contributed by atoms with Crippen molar-refractivity contribution >= 4 is 54.3 Å². The number of nitrogens with zero attached hydrogens (tertiary/aromatic N) is 2. The van der Waals surface area contributed by atoms with Crippen LogP contribution in [0.15, 0.2) is 223 Å². The van der Waals surface area contributed by atoms with Crippen LogP contribution in [0, 0.1) is 0 Å². The van der Waals surface area contributed by atoms with Crippen LogP contribution in [0.1, 0.15) is 0 Å². The molecule has 61 heavy (non-hydrogen) atoms. The summed E-state index contributed by atoms with van der Waals surface area (Å²) in [6, 6.07) is 77.7. The number of hydrogen-bond donors (Lipinski definition) is 0. The summed E-state index contributed by atoms with van der Waals surface area (Å²) in [7, 11) is 0. The summed E-state index contributed by atoms with van der Waals surface area (Å²) in [4.78, 5) is 10.6. The third kappa shape index (κ3) is 6.14. The Balaban J connectivity index is 1.08. The average Bonchev–Trinajstić information content (AvgIpc) is 3.72. The Labute approximate surface area is 352 Å². The Bertz CT molecular complexity index is 3610. The molecular weight excluding hydrogens is 741 g/mol. The van der Waals surface area contributed by atoms with Gasteiger partial charge in [0.25, 0.3) is 0 Å². The van der Waals surface area contributed by atoms with Crippen LogP contribution in [-0.4, -0.2) is 9.97 Å². The standard InChI is InChI=1S/C58H36N2O/c1-3-14-37(15-4-1)39-18-13-19-40(30-39)43-31-44(41-27-29-57-53(34-41)51-24-11-12-25-56(51)61-57)33-45(32-43)55-36-54(59-58(60-55)38-16-5-2-6-17-38)42-26-28-50-48-22-8-7-20-46(48)47-21-9-10-23-49(47)52(50)35-42/h1-36H. The molecule has 2 aromatic heterocycles. The normalized spacial score (nSPS) is 11.6. The molecule has 10 aromatic carbocycles. The number of furan rings is 1. The fraction of sp³-hybridized carbons (Fsp3) is 0. The van der Waals surface area contributed by atoms with E-state index in [-0.39, 0.29) is 0 Å². The molecule has 12 aromatic rings. The van der Waals surface area contributed by atoms with E-state index in [1.54, 1.807) is 0 Å². The number of fused-ring (bicyclic) bond motifs is 9. The van der Waals surface area contributed by atoms with E-state index in [1.165, 1.54) is 43.4 Å². The maximum absolute atomic E-state index is 6.25. The van der Waals surface area contributed by atoms with E-state index in [4.69, 9.17) is 14.4 Å². The molecule has 284 valence electrons.